The van der Waals surface area contributed by atoms with E-state index in [0.29, 0.717) is 34.1 Å². The summed E-state index contributed by atoms with van der Waals surface area (Å²) < 4.78 is 2.33. The number of fused-ring (bicyclic) bond motifs is 1. The average Bonchev–Trinajstić information content (AvgIpc) is 2.93. The summed E-state index contributed by atoms with van der Waals surface area (Å²) in [6.07, 6.45) is 0.656. The van der Waals surface area contributed by atoms with Gasteiger partial charge in [-0.05, 0) is 54.8 Å². The second kappa shape index (κ2) is 8.20. The van der Waals surface area contributed by atoms with Crippen LogP contribution in [0, 0.1) is 12.8 Å². The lowest BCUT2D eigenvalue weighted by Crippen LogP contribution is -2.21. The van der Waals surface area contributed by atoms with Crippen LogP contribution in [0.4, 0.5) is 0 Å². The maximum absolute atomic E-state index is 13.3. The first-order chi connectivity index (χ1) is 13.7. The van der Waals surface area contributed by atoms with Gasteiger partial charge in [-0.1, -0.05) is 47.8 Å². The van der Waals surface area contributed by atoms with Crippen molar-refractivity contribution in [3.05, 3.63) is 62.7 Å². The third kappa shape index (κ3) is 3.79. The number of aromatic hydroxyl groups is 1. The van der Waals surface area contributed by atoms with Gasteiger partial charge in [-0.3, -0.25) is 14.2 Å². The van der Waals surface area contributed by atoms with Crippen LogP contribution in [-0.4, -0.2) is 26.7 Å². The third-order valence-electron chi connectivity index (χ3n) is 5.41. The molecule has 0 spiro atoms. The largest absolute Gasteiger partial charge is 0.506 e. The quantitative estimate of drug-likeness (QED) is 0.473. The monoisotopic (exact) mass is 477 g/mol. The lowest BCUT2D eigenvalue weighted by atomic mass is 9.84. The molecule has 0 bridgehead atoms. The molecule has 2 aromatic carbocycles. The molecule has 1 heterocycles. The predicted octanol–water partition coefficient (Wildman–Crippen LogP) is 5.97. The molecule has 152 valence electrons. The Balaban J connectivity index is 2.35. The highest BCUT2D eigenvalue weighted by Gasteiger charge is 2.33. The number of carbonyl (C=O) groups excluding carboxylic acids is 1. The fourth-order valence-corrected chi connectivity index (χ4v) is 4.13. The van der Waals surface area contributed by atoms with Gasteiger partial charge in [0.2, 0.25) is 0 Å². The zero-order valence-corrected chi connectivity index (χ0v) is 18.6. The molecule has 0 fully saturated rings. The number of hydrogen-bond donors (Lipinski definition) is 2. The van der Waals surface area contributed by atoms with Gasteiger partial charge in [0.05, 0.1) is 16.5 Å². The van der Waals surface area contributed by atoms with E-state index in [4.69, 9.17) is 11.6 Å². The van der Waals surface area contributed by atoms with Crippen molar-refractivity contribution in [1.29, 1.82) is 0 Å². The second-order valence-electron chi connectivity index (χ2n) is 7.17. The molecule has 2 N–H and O–H groups in total. The fraction of sp³-hybridized carbons (Fsp3) is 0.273. The summed E-state index contributed by atoms with van der Waals surface area (Å²) in [6, 6.07) is 9.89. The number of halogens is 2. The smallest absolute Gasteiger partial charge is 0.311 e. The van der Waals surface area contributed by atoms with Crippen molar-refractivity contribution in [2.45, 2.75) is 33.1 Å². The summed E-state index contributed by atoms with van der Waals surface area (Å²) in [5.41, 5.74) is 1.99. The van der Waals surface area contributed by atoms with Crippen molar-refractivity contribution in [1.82, 2.24) is 4.57 Å². The van der Waals surface area contributed by atoms with E-state index in [2.05, 4.69) is 15.9 Å². The Morgan fingerprint density at radius 2 is 1.83 bits per heavy atom. The molecule has 0 aliphatic heterocycles. The van der Waals surface area contributed by atoms with Crippen molar-refractivity contribution in [2.24, 2.45) is 5.92 Å². The summed E-state index contributed by atoms with van der Waals surface area (Å²) in [5, 5.41) is 20.7. The SMILES string of the molecule is CCC(C)C(C(=O)O)c1c(C)n(C(=O)c2ccc(Br)cc2)c2cc(Cl)c(O)cc12. The zero-order valence-electron chi connectivity index (χ0n) is 16.2. The molecule has 0 aliphatic rings. The van der Waals surface area contributed by atoms with Crippen LogP contribution in [-0.2, 0) is 4.79 Å². The maximum atomic E-state index is 13.3. The highest BCUT2D eigenvalue weighted by molar-refractivity contribution is 9.10. The van der Waals surface area contributed by atoms with E-state index in [-0.39, 0.29) is 22.6 Å². The third-order valence-corrected chi connectivity index (χ3v) is 6.24. The lowest BCUT2D eigenvalue weighted by Gasteiger charge is -2.20. The van der Waals surface area contributed by atoms with Crippen molar-refractivity contribution in [2.75, 3.05) is 0 Å². The van der Waals surface area contributed by atoms with Gasteiger partial charge in [0.1, 0.15) is 5.75 Å². The first kappa shape index (κ1) is 21.4. The van der Waals surface area contributed by atoms with E-state index in [1.165, 1.54) is 16.7 Å². The lowest BCUT2D eigenvalue weighted by molar-refractivity contribution is -0.140. The molecule has 0 amide bonds. The van der Waals surface area contributed by atoms with Gasteiger partial charge in [0.25, 0.3) is 5.91 Å². The predicted molar refractivity (Wildman–Crippen MR) is 117 cm³/mol. The highest BCUT2D eigenvalue weighted by atomic mass is 79.9. The topological polar surface area (TPSA) is 79.5 Å². The number of phenols is 1. The fourth-order valence-electron chi connectivity index (χ4n) is 3.71. The molecule has 5 nitrogen and oxygen atoms in total. The van der Waals surface area contributed by atoms with E-state index in [1.807, 2.05) is 13.8 Å². The minimum Gasteiger partial charge on any atom is -0.506 e. The zero-order chi connectivity index (χ0) is 21.5. The average molecular weight is 479 g/mol. The van der Waals surface area contributed by atoms with Crippen molar-refractivity contribution >= 4 is 50.3 Å². The molecule has 2 atom stereocenters. The molecule has 0 aliphatic carbocycles. The first-order valence-electron chi connectivity index (χ1n) is 9.23. The Kier molecular flexibility index (Phi) is 6.05. The van der Waals surface area contributed by atoms with Crippen LogP contribution in [0.25, 0.3) is 10.9 Å². The summed E-state index contributed by atoms with van der Waals surface area (Å²) in [4.78, 5) is 25.5. The number of hydrogen-bond acceptors (Lipinski definition) is 3. The van der Waals surface area contributed by atoms with Gasteiger partial charge >= 0.3 is 5.97 Å². The molecular weight excluding hydrogens is 458 g/mol. The van der Waals surface area contributed by atoms with Gasteiger partial charge in [-0.15, -0.1) is 0 Å². The van der Waals surface area contributed by atoms with Crippen LogP contribution in [0.3, 0.4) is 0 Å². The molecule has 1 aromatic heterocycles. The minimum absolute atomic E-state index is 0.0989. The summed E-state index contributed by atoms with van der Waals surface area (Å²) in [7, 11) is 0. The Labute approximate surface area is 182 Å². The first-order valence-corrected chi connectivity index (χ1v) is 10.4. The molecule has 7 heteroatoms. The van der Waals surface area contributed by atoms with Gasteiger partial charge in [0.15, 0.2) is 0 Å². The number of nitrogens with zero attached hydrogens (tertiary/aromatic N) is 1. The summed E-state index contributed by atoms with van der Waals surface area (Å²) in [5.74, 6) is -2.39. The van der Waals surface area contributed by atoms with Crippen LogP contribution in [0.5, 0.6) is 5.75 Å². The minimum atomic E-state index is -0.966. The van der Waals surface area contributed by atoms with Gasteiger partial charge < -0.3 is 10.2 Å². The normalized spacial score (nSPS) is 13.4. The van der Waals surface area contributed by atoms with Crippen molar-refractivity contribution < 1.29 is 19.8 Å². The molecular formula is C22H21BrClNO4. The van der Waals surface area contributed by atoms with E-state index in [9.17, 15) is 19.8 Å². The number of benzene rings is 2. The van der Waals surface area contributed by atoms with Crippen LogP contribution >= 0.6 is 27.5 Å². The van der Waals surface area contributed by atoms with Crippen LogP contribution in [0.2, 0.25) is 5.02 Å². The van der Waals surface area contributed by atoms with Gasteiger partial charge in [-0.2, -0.15) is 0 Å². The number of aromatic nitrogens is 1. The molecule has 0 saturated carbocycles. The standard InChI is InChI=1S/C22H21BrClNO4/c1-4-11(2)19(22(28)29)20-12(3)25(17-10-16(24)18(26)9-15(17)20)21(27)13-5-7-14(23)8-6-13/h5-11,19,26H,4H2,1-3H3,(H,28,29). The maximum Gasteiger partial charge on any atom is 0.311 e. The number of carboxylic acids is 1. The van der Waals surface area contributed by atoms with Crippen LogP contribution in [0.15, 0.2) is 40.9 Å². The number of aliphatic carboxylic acids is 1. The second-order valence-corrected chi connectivity index (χ2v) is 8.49. The number of carboxylic acid groups (broad SMARTS) is 1. The highest BCUT2D eigenvalue weighted by Crippen LogP contribution is 2.40. The van der Waals surface area contributed by atoms with Gasteiger partial charge in [-0.25, -0.2) is 0 Å². The molecule has 0 radical (unpaired) electrons. The Hall–Kier alpha value is -2.31. The van der Waals surface area contributed by atoms with Crippen molar-refractivity contribution in [3.63, 3.8) is 0 Å². The molecule has 0 saturated heterocycles. The van der Waals surface area contributed by atoms with Crippen LogP contribution in [0.1, 0.15) is 47.8 Å². The Morgan fingerprint density at radius 3 is 2.38 bits per heavy atom. The molecule has 2 unspecified atom stereocenters. The number of carbonyl (C=O) groups is 2. The Bertz CT molecular complexity index is 1100. The molecule has 3 rings (SSSR count). The summed E-state index contributed by atoms with van der Waals surface area (Å²) >= 11 is 9.48. The number of phenolic OH excluding ortho intramolecular Hbond substituents is 1. The number of rotatable bonds is 5. The van der Waals surface area contributed by atoms with Crippen LogP contribution < -0.4 is 0 Å². The molecule has 3 aromatic rings. The van der Waals surface area contributed by atoms with E-state index >= 15 is 0 Å². The van der Waals surface area contributed by atoms with E-state index in [0.717, 1.165) is 4.47 Å². The van der Waals surface area contributed by atoms with Crippen molar-refractivity contribution in [3.8, 4) is 5.75 Å². The summed E-state index contributed by atoms with van der Waals surface area (Å²) in [6.45, 7) is 5.53. The van der Waals surface area contributed by atoms with E-state index < -0.39 is 11.9 Å². The van der Waals surface area contributed by atoms with Gasteiger partial charge in [0, 0.05) is 21.1 Å². The molecule has 29 heavy (non-hydrogen) atoms. The van der Waals surface area contributed by atoms with E-state index in [1.54, 1.807) is 31.2 Å². The Morgan fingerprint density at radius 1 is 1.21 bits per heavy atom.